The summed E-state index contributed by atoms with van der Waals surface area (Å²) in [5.41, 5.74) is 8.08. The van der Waals surface area contributed by atoms with Gasteiger partial charge in [-0.05, 0) is 56.7 Å². The van der Waals surface area contributed by atoms with Crippen LogP contribution in [0.5, 0.6) is 0 Å². The van der Waals surface area contributed by atoms with Gasteiger partial charge in [-0.15, -0.1) is 0 Å². The normalized spacial score (nSPS) is 14.6. The summed E-state index contributed by atoms with van der Waals surface area (Å²) in [6.45, 7) is 2.47. The highest BCUT2D eigenvalue weighted by atomic mass is 19.3. The molecule has 0 aliphatic carbocycles. The van der Waals surface area contributed by atoms with Crippen molar-refractivity contribution < 1.29 is 18.3 Å². The number of hydrogen-bond acceptors (Lipinski definition) is 6. The number of anilines is 1. The smallest absolute Gasteiger partial charge is 0.322 e. The van der Waals surface area contributed by atoms with E-state index in [-0.39, 0.29) is 6.42 Å². The van der Waals surface area contributed by atoms with Gasteiger partial charge in [-0.1, -0.05) is 6.07 Å². The molecule has 0 unspecified atom stereocenters. The number of ether oxygens (including phenoxy) is 1. The Morgan fingerprint density at radius 1 is 1.29 bits per heavy atom. The Bertz CT molecular complexity index is 616. The van der Waals surface area contributed by atoms with Crippen LogP contribution in [0, 0.1) is 0 Å². The lowest BCUT2D eigenvalue weighted by Gasteiger charge is -2.23. The lowest BCUT2D eigenvalue weighted by Crippen LogP contribution is -2.37. The van der Waals surface area contributed by atoms with E-state index < -0.39 is 18.4 Å². The highest BCUT2D eigenvalue weighted by molar-refractivity contribution is 5.75. The molecular formula is C20H32F2N4O2. The van der Waals surface area contributed by atoms with Crippen molar-refractivity contribution in [2.45, 2.75) is 57.4 Å². The van der Waals surface area contributed by atoms with E-state index in [2.05, 4.69) is 27.2 Å². The summed E-state index contributed by atoms with van der Waals surface area (Å²) in [6.07, 6.45) is 2.77. The molecule has 0 aromatic carbocycles. The van der Waals surface area contributed by atoms with Crippen molar-refractivity contribution in [2.24, 2.45) is 5.73 Å². The maximum Gasteiger partial charge on any atom is 0.322 e. The van der Waals surface area contributed by atoms with Gasteiger partial charge in [-0.3, -0.25) is 4.79 Å². The number of pyridine rings is 1. The van der Waals surface area contributed by atoms with E-state index in [4.69, 9.17) is 5.73 Å². The Morgan fingerprint density at radius 3 is 2.82 bits per heavy atom. The summed E-state index contributed by atoms with van der Waals surface area (Å²) >= 11 is 0. The molecule has 3 N–H and O–H groups in total. The van der Waals surface area contributed by atoms with Crippen LogP contribution in [0.3, 0.4) is 0 Å². The summed E-state index contributed by atoms with van der Waals surface area (Å²) in [5, 5.41) is 3.34. The third-order valence-corrected chi connectivity index (χ3v) is 5.03. The highest BCUT2D eigenvalue weighted by Gasteiger charge is 2.16. The molecule has 158 valence electrons. The van der Waals surface area contributed by atoms with Gasteiger partial charge < -0.3 is 20.7 Å². The summed E-state index contributed by atoms with van der Waals surface area (Å²) in [7, 11) is 1.29. The standard InChI is InChI=1S/C20H32F2N4O2/c1-28-20(27)17(23)9-13-26(14-10-18(21)22)12-3-2-6-16-8-7-15-5-4-11-24-19(15)25-16/h7-8,17-18H,2-6,9-14,23H2,1H3,(H,24,25)/t17-/m0/s1. The summed E-state index contributed by atoms with van der Waals surface area (Å²) in [5.74, 6) is 0.528. The Balaban J connectivity index is 1.75. The van der Waals surface area contributed by atoms with Crippen LogP contribution in [-0.4, -0.2) is 61.6 Å². The summed E-state index contributed by atoms with van der Waals surface area (Å²) in [4.78, 5) is 18.1. The van der Waals surface area contributed by atoms with Gasteiger partial charge >= 0.3 is 5.97 Å². The summed E-state index contributed by atoms with van der Waals surface area (Å²) < 4.78 is 29.8. The molecule has 1 aliphatic rings. The number of rotatable bonds is 12. The first-order valence-corrected chi connectivity index (χ1v) is 10.1. The van der Waals surface area contributed by atoms with Gasteiger partial charge in [0, 0.05) is 31.7 Å². The zero-order chi connectivity index (χ0) is 20.4. The average Bonchev–Trinajstić information content (AvgIpc) is 2.71. The first kappa shape index (κ1) is 22.5. The number of halogens is 2. The van der Waals surface area contributed by atoms with Gasteiger partial charge in [0.2, 0.25) is 6.43 Å². The molecule has 6 nitrogen and oxygen atoms in total. The molecule has 8 heteroatoms. The van der Waals surface area contributed by atoms with E-state index >= 15 is 0 Å². The molecule has 0 bridgehead atoms. The first-order chi connectivity index (χ1) is 13.5. The number of aryl methyl sites for hydroxylation is 2. The molecule has 28 heavy (non-hydrogen) atoms. The molecular weight excluding hydrogens is 366 g/mol. The van der Waals surface area contributed by atoms with Crippen LogP contribution in [0.4, 0.5) is 14.6 Å². The third-order valence-electron chi connectivity index (χ3n) is 5.03. The predicted molar refractivity (Wildman–Crippen MR) is 106 cm³/mol. The average molecular weight is 398 g/mol. The molecule has 2 heterocycles. The van der Waals surface area contributed by atoms with Crippen LogP contribution in [0.15, 0.2) is 12.1 Å². The van der Waals surface area contributed by atoms with Gasteiger partial charge in [0.15, 0.2) is 0 Å². The van der Waals surface area contributed by atoms with Crippen LogP contribution in [0.25, 0.3) is 0 Å². The van der Waals surface area contributed by atoms with Crippen LogP contribution in [-0.2, 0) is 22.4 Å². The van der Waals surface area contributed by atoms with Crippen molar-refractivity contribution >= 4 is 11.8 Å². The van der Waals surface area contributed by atoms with E-state index in [1.54, 1.807) is 0 Å². The van der Waals surface area contributed by atoms with Crippen molar-refractivity contribution in [2.75, 3.05) is 38.6 Å². The van der Waals surface area contributed by atoms with E-state index in [1.165, 1.54) is 12.7 Å². The minimum absolute atomic E-state index is 0.175. The zero-order valence-electron chi connectivity index (χ0n) is 16.6. The van der Waals surface area contributed by atoms with Gasteiger partial charge in [-0.2, -0.15) is 0 Å². The molecule has 1 atom stereocenters. The quantitative estimate of drug-likeness (QED) is 0.416. The molecule has 1 aromatic heterocycles. The number of nitrogens with zero attached hydrogens (tertiary/aromatic N) is 2. The lowest BCUT2D eigenvalue weighted by molar-refractivity contribution is -0.142. The number of carbonyl (C=O) groups excluding carboxylic acids is 1. The fourth-order valence-electron chi connectivity index (χ4n) is 3.36. The van der Waals surface area contributed by atoms with Gasteiger partial charge in [-0.25, -0.2) is 13.8 Å². The second-order valence-corrected chi connectivity index (χ2v) is 7.24. The maximum atomic E-state index is 12.6. The van der Waals surface area contributed by atoms with E-state index in [0.717, 1.165) is 50.2 Å². The van der Waals surface area contributed by atoms with Gasteiger partial charge in [0.25, 0.3) is 0 Å². The third kappa shape index (κ3) is 7.67. The van der Waals surface area contributed by atoms with Crippen LogP contribution in [0.1, 0.15) is 43.4 Å². The van der Waals surface area contributed by atoms with E-state index in [1.807, 2.05) is 4.90 Å². The van der Waals surface area contributed by atoms with Crippen molar-refractivity contribution in [3.05, 3.63) is 23.4 Å². The monoisotopic (exact) mass is 398 g/mol. The van der Waals surface area contributed by atoms with Crippen molar-refractivity contribution in [3.63, 3.8) is 0 Å². The Kier molecular flexibility index (Phi) is 9.57. The Morgan fingerprint density at radius 2 is 2.07 bits per heavy atom. The molecule has 1 aliphatic heterocycles. The predicted octanol–water partition coefficient (Wildman–Crippen LogP) is 2.61. The van der Waals surface area contributed by atoms with Crippen LogP contribution >= 0.6 is 0 Å². The Labute approximate surface area is 165 Å². The van der Waals surface area contributed by atoms with Crippen molar-refractivity contribution in [3.8, 4) is 0 Å². The molecule has 0 spiro atoms. The number of fused-ring (bicyclic) bond motifs is 1. The fraction of sp³-hybridized carbons (Fsp3) is 0.700. The Hall–Kier alpha value is -1.80. The molecule has 0 amide bonds. The zero-order valence-corrected chi connectivity index (χ0v) is 16.6. The lowest BCUT2D eigenvalue weighted by atomic mass is 10.1. The minimum Gasteiger partial charge on any atom is -0.468 e. The van der Waals surface area contributed by atoms with Gasteiger partial charge in [0.05, 0.1) is 7.11 Å². The number of hydrogen-bond donors (Lipinski definition) is 2. The molecule has 1 aromatic rings. The first-order valence-electron chi connectivity index (χ1n) is 10.1. The number of nitrogens with one attached hydrogen (secondary N) is 1. The largest absolute Gasteiger partial charge is 0.468 e. The van der Waals surface area contributed by atoms with Crippen LogP contribution in [0.2, 0.25) is 0 Å². The number of methoxy groups -OCH3 is 1. The number of unbranched alkanes of at least 4 members (excludes halogenated alkanes) is 1. The maximum absolute atomic E-state index is 12.6. The van der Waals surface area contributed by atoms with Crippen LogP contribution < -0.4 is 11.1 Å². The topological polar surface area (TPSA) is 80.5 Å². The number of carbonyl (C=O) groups is 1. The van der Waals surface area contributed by atoms with E-state index in [9.17, 15) is 13.6 Å². The molecule has 0 saturated carbocycles. The second-order valence-electron chi connectivity index (χ2n) is 7.24. The number of aromatic nitrogens is 1. The number of esters is 1. The van der Waals surface area contributed by atoms with Crippen molar-refractivity contribution in [1.82, 2.24) is 9.88 Å². The van der Waals surface area contributed by atoms with E-state index in [0.29, 0.717) is 26.1 Å². The molecule has 0 saturated heterocycles. The number of alkyl halides is 2. The number of nitrogens with two attached hydrogens (primary N) is 1. The SMILES string of the molecule is COC(=O)[C@@H](N)CCN(CCCCc1ccc2c(n1)NCCC2)CCC(F)F. The fourth-order valence-corrected chi connectivity index (χ4v) is 3.36. The molecule has 0 radical (unpaired) electrons. The minimum atomic E-state index is -2.33. The van der Waals surface area contributed by atoms with Crippen molar-refractivity contribution in [1.29, 1.82) is 0 Å². The molecule has 0 fully saturated rings. The highest BCUT2D eigenvalue weighted by Crippen LogP contribution is 2.20. The molecule has 2 rings (SSSR count). The summed E-state index contributed by atoms with van der Waals surface area (Å²) in [6, 6.07) is 3.51. The van der Waals surface area contributed by atoms with Gasteiger partial charge in [0.1, 0.15) is 11.9 Å². The second kappa shape index (κ2) is 11.9.